The molecule has 2 atom stereocenters. The van der Waals surface area contributed by atoms with Crippen molar-refractivity contribution in [1.82, 2.24) is 4.90 Å². The smallest absolute Gasteiger partial charge is 0.251 e. The molecule has 2 aliphatic heterocycles. The van der Waals surface area contributed by atoms with Crippen molar-refractivity contribution >= 4 is 5.91 Å². The third kappa shape index (κ3) is 1.67. The van der Waals surface area contributed by atoms with Gasteiger partial charge in [0.1, 0.15) is 6.23 Å². The van der Waals surface area contributed by atoms with Crippen molar-refractivity contribution < 1.29 is 9.53 Å². The first-order valence-electron chi connectivity index (χ1n) is 5.93. The summed E-state index contributed by atoms with van der Waals surface area (Å²) in [6.45, 7) is 2.47. The van der Waals surface area contributed by atoms with E-state index in [1.165, 1.54) is 0 Å². The van der Waals surface area contributed by atoms with Crippen LogP contribution in [0.1, 0.15) is 24.9 Å². The zero-order valence-electron chi connectivity index (χ0n) is 9.80. The van der Waals surface area contributed by atoms with E-state index in [0.29, 0.717) is 6.61 Å². The maximum absolute atomic E-state index is 12.2. The van der Waals surface area contributed by atoms with E-state index in [9.17, 15) is 4.79 Å². The van der Waals surface area contributed by atoms with Crippen molar-refractivity contribution in [2.75, 3.05) is 6.61 Å². The largest absolute Gasteiger partial charge is 0.355 e. The molecule has 0 aliphatic carbocycles. The molecule has 0 N–H and O–H groups in total. The molecule has 1 fully saturated rings. The van der Waals surface area contributed by atoms with Crippen molar-refractivity contribution in [3.8, 4) is 0 Å². The molecule has 17 heavy (non-hydrogen) atoms. The Morgan fingerprint density at radius 1 is 1.29 bits per heavy atom. The maximum Gasteiger partial charge on any atom is 0.251 e. The summed E-state index contributed by atoms with van der Waals surface area (Å²) < 4.78 is 5.70. The third-order valence-corrected chi connectivity index (χ3v) is 3.47. The van der Waals surface area contributed by atoms with Gasteiger partial charge in [0.05, 0.1) is 12.6 Å². The Morgan fingerprint density at radius 3 is 2.82 bits per heavy atom. The van der Waals surface area contributed by atoms with E-state index in [0.717, 1.165) is 17.6 Å². The number of amides is 1. The highest BCUT2D eigenvalue weighted by Crippen LogP contribution is 2.35. The van der Waals surface area contributed by atoms with Gasteiger partial charge in [0.2, 0.25) is 0 Å². The van der Waals surface area contributed by atoms with E-state index in [2.05, 4.69) is 12.1 Å². The number of carbonyl (C=O) groups excluding carboxylic acids is 1. The van der Waals surface area contributed by atoms with E-state index in [-0.39, 0.29) is 18.2 Å². The minimum absolute atomic E-state index is 0.0670. The molecule has 0 bridgehead atoms. The van der Waals surface area contributed by atoms with Crippen LogP contribution in [0.3, 0.4) is 0 Å². The van der Waals surface area contributed by atoms with Gasteiger partial charge in [-0.05, 0) is 12.5 Å². The first kappa shape index (κ1) is 10.5. The SMILES string of the molecule is CC1=CC[C@H]2OC[C@@H](c3ccccc3)N2C1=O. The van der Waals surface area contributed by atoms with Gasteiger partial charge in [-0.15, -0.1) is 0 Å². The predicted molar refractivity (Wildman–Crippen MR) is 64.1 cm³/mol. The van der Waals surface area contributed by atoms with E-state index < -0.39 is 0 Å². The molecule has 1 saturated heterocycles. The molecule has 3 rings (SSSR count). The van der Waals surface area contributed by atoms with Crippen LogP contribution in [0.5, 0.6) is 0 Å². The summed E-state index contributed by atoms with van der Waals surface area (Å²) in [6, 6.07) is 10.2. The molecule has 3 nitrogen and oxygen atoms in total. The number of ether oxygens (including phenoxy) is 1. The normalized spacial score (nSPS) is 27.9. The van der Waals surface area contributed by atoms with Crippen LogP contribution in [0.15, 0.2) is 42.0 Å². The summed E-state index contributed by atoms with van der Waals surface area (Å²) in [7, 11) is 0. The molecule has 0 unspecified atom stereocenters. The van der Waals surface area contributed by atoms with Gasteiger partial charge in [0.25, 0.3) is 5.91 Å². The van der Waals surface area contributed by atoms with Crippen LogP contribution in [-0.2, 0) is 9.53 Å². The molecule has 3 heteroatoms. The first-order chi connectivity index (χ1) is 8.27. The number of nitrogens with zero attached hydrogens (tertiary/aromatic N) is 1. The zero-order chi connectivity index (χ0) is 11.8. The van der Waals surface area contributed by atoms with E-state index in [1.54, 1.807) is 0 Å². The lowest BCUT2D eigenvalue weighted by atomic mass is 10.0. The second-order valence-electron chi connectivity index (χ2n) is 4.55. The van der Waals surface area contributed by atoms with Crippen LogP contribution in [0.4, 0.5) is 0 Å². The highest BCUT2D eigenvalue weighted by Gasteiger charge is 2.40. The molecule has 1 aromatic carbocycles. The van der Waals surface area contributed by atoms with Crippen molar-refractivity contribution in [3.05, 3.63) is 47.5 Å². The van der Waals surface area contributed by atoms with Gasteiger partial charge < -0.3 is 9.64 Å². The molecule has 2 heterocycles. The van der Waals surface area contributed by atoms with E-state index >= 15 is 0 Å². The monoisotopic (exact) mass is 229 g/mol. The lowest BCUT2D eigenvalue weighted by Gasteiger charge is -2.31. The minimum Gasteiger partial charge on any atom is -0.355 e. The molecule has 0 radical (unpaired) electrons. The van der Waals surface area contributed by atoms with Gasteiger partial charge in [-0.25, -0.2) is 0 Å². The molecular formula is C14H15NO2. The first-order valence-corrected chi connectivity index (χ1v) is 5.93. The zero-order valence-corrected chi connectivity index (χ0v) is 9.80. The van der Waals surface area contributed by atoms with Crippen LogP contribution in [0.25, 0.3) is 0 Å². The van der Waals surface area contributed by atoms with Crippen LogP contribution in [0.2, 0.25) is 0 Å². The molecule has 0 aromatic heterocycles. The average molecular weight is 229 g/mol. The van der Waals surface area contributed by atoms with Crippen molar-refractivity contribution in [2.24, 2.45) is 0 Å². The van der Waals surface area contributed by atoms with Gasteiger partial charge in [0, 0.05) is 12.0 Å². The Hall–Kier alpha value is -1.61. The van der Waals surface area contributed by atoms with Gasteiger partial charge in [-0.3, -0.25) is 4.79 Å². The Kier molecular flexibility index (Phi) is 2.48. The van der Waals surface area contributed by atoms with E-state index in [1.807, 2.05) is 36.1 Å². The lowest BCUT2D eigenvalue weighted by molar-refractivity contribution is -0.134. The Labute approximate surface area is 101 Å². The summed E-state index contributed by atoms with van der Waals surface area (Å²) in [5.74, 6) is 0.104. The number of benzene rings is 1. The minimum atomic E-state index is -0.0728. The van der Waals surface area contributed by atoms with Crippen molar-refractivity contribution in [3.63, 3.8) is 0 Å². The van der Waals surface area contributed by atoms with Crippen molar-refractivity contribution in [2.45, 2.75) is 25.6 Å². The summed E-state index contributed by atoms with van der Waals surface area (Å²) in [5.41, 5.74) is 1.98. The molecule has 0 saturated carbocycles. The van der Waals surface area contributed by atoms with Gasteiger partial charge in [0.15, 0.2) is 0 Å². The molecule has 0 spiro atoms. The third-order valence-electron chi connectivity index (χ3n) is 3.47. The maximum atomic E-state index is 12.2. The van der Waals surface area contributed by atoms with Crippen LogP contribution in [-0.4, -0.2) is 23.6 Å². The highest BCUT2D eigenvalue weighted by molar-refractivity contribution is 5.94. The number of hydrogen-bond acceptors (Lipinski definition) is 2. The molecule has 1 aromatic rings. The standard InChI is InChI=1S/C14H15NO2/c1-10-7-8-13-15(14(10)16)12(9-17-13)11-5-3-2-4-6-11/h2-7,12-13H,8-9H2,1H3/t12-,13+/m0/s1. The molecule has 2 aliphatic rings. The summed E-state index contributed by atoms with van der Waals surface area (Å²) >= 11 is 0. The van der Waals surface area contributed by atoms with Gasteiger partial charge >= 0.3 is 0 Å². The van der Waals surface area contributed by atoms with Crippen LogP contribution < -0.4 is 0 Å². The van der Waals surface area contributed by atoms with E-state index in [4.69, 9.17) is 4.74 Å². The van der Waals surface area contributed by atoms with Gasteiger partial charge in [-0.1, -0.05) is 36.4 Å². The fourth-order valence-corrected chi connectivity index (χ4v) is 2.52. The number of rotatable bonds is 1. The molecule has 1 amide bonds. The topological polar surface area (TPSA) is 29.5 Å². The fraction of sp³-hybridized carbons (Fsp3) is 0.357. The summed E-state index contributed by atoms with van der Waals surface area (Å²) in [4.78, 5) is 14.0. The number of carbonyl (C=O) groups is 1. The number of hydrogen-bond donors (Lipinski definition) is 0. The Bertz CT molecular complexity index is 466. The Morgan fingerprint density at radius 2 is 2.06 bits per heavy atom. The van der Waals surface area contributed by atoms with Crippen LogP contribution in [0, 0.1) is 0 Å². The quantitative estimate of drug-likeness (QED) is 0.739. The second-order valence-corrected chi connectivity index (χ2v) is 4.55. The van der Waals surface area contributed by atoms with Crippen LogP contribution >= 0.6 is 0 Å². The summed E-state index contributed by atoms with van der Waals surface area (Å²) in [6.07, 6.45) is 2.70. The second kappa shape index (κ2) is 4.00. The molecular weight excluding hydrogens is 214 g/mol. The highest BCUT2D eigenvalue weighted by atomic mass is 16.5. The number of fused-ring (bicyclic) bond motifs is 1. The lowest BCUT2D eigenvalue weighted by Crippen LogP contribution is -2.40. The van der Waals surface area contributed by atoms with Gasteiger partial charge in [-0.2, -0.15) is 0 Å². The summed E-state index contributed by atoms with van der Waals surface area (Å²) in [5, 5.41) is 0. The Balaban J connectivity index is 1.94. The fourth-order valence-electron chi connectivity index (χ4n) is 2.52. The average Bonchev–Trinajstić information content (AvgIpc) is 2.79. The van der Waals surface area contributed by atoms with Crippen molar-refractivity contribution in [1.29, 1.82) is 0 Å². The predicted octanol–water partition coefficient (Wildman–Crippen LogP) is 2.26. The molecule has 88 valence electrons.